The molecule has 28 heavy (non-hydrogen) atoms. The Morgan fingerprint density at radius 1 is 1.29 bits per heavy atom. The van der Waals surface area contributed by atoms with Crippen molar-refractivity contribution in [3.63, 3.8) is 0 Å². The number of nitrogens with zero attached hydrogens (tertiary/aromatic N) is 1. The number of rotatable bonds is 6. The van der Waals surface area contributed by atoms with Gasteiger partial charge >= 0.3 is 0 Å². The van der Waals surface area contributed by atoms with Gasteiger partial charge in [-0.1, -0.05) is 30.3 Å². The Balaban J connectivity index is 1.52. The zero-order valence-corrected chi connectivity index (χ0v) is 15.9. The number of ether oxygens (including phenoxy) is 1. The normalized spacial score (nSPS) is 17.1. The van der Waals surface area contributed by atoms with Crippen molar-refractivity contribution in [3.05, 3.63) is 65.4 Å². The van der Waals surface area contributed by atoms with Crippen molar-refractivity contribution >= 4 is 16.9 Å². The highest BCUT2D eigenvalue weighted by Gasteiger charge is 2.26. The molecule has 0 aliphatic carbocycles. The monoisotopic (exact) mass is 380 g/mol. The number of aliphatic hydroxyl groups excluding tert-OH is 1. The van der Waals surface area contributed by atoms with Crippen LogP contribution >= 0.6 is 0 Å². The molecule has 6 nitrogen and oxygen atoms in total. The summed E-state index contributed by atoms with van der Waals surface area (Å²) < 4.78 is 11.7. The Kier molecular flexibility index (Phi) is 5.32. The largest absolute Gasteiger partial charge is 0.489 e. The van der Waals surface area contributed by atoms with Crippen LogP contribution in [-0.2, 0) is 6.61 Å². The van der Waals surface area contributed by atoms with E-state index in [1.165, 1.54) is 0 Å². The summed E-state index contributed by atoms with van der Waals surface area (Å²) in [5.74, 6) is 1.13. The van der Waals surface area contributed by atoms with Gasteiger partial charge in [-0.25, -0.2) is 0 Å². The summed E-state index contributed by atoms with van der Waals surface area (Å²) >= 11 is 0. The van der Waals surface area contributed by atoms with Crippen LogP contribution < -0.4 is 10.1 Å². The number of nitrogens with one attached hydrogen (secondary N) is 1. The zero-order valence-electron chi connectivity index (χ0n) is 15.9. The first-order chi connectivity index (χ1) is 13.6. The average Bonchev–Trinajstić information content (AvgIpc) is 3.29. The molecule has 1 fully saturated rings. The third-order valence-electron chi connectivity index (χ3n) is 5.12. The lowest BCUT2D eigenvalue weighted by Gasteiger charge is -2.14. The van der Waals surface area contributed by atoms with Crippen molar-refractivity contribution in [2.75, 3.05) is 19.8 Å². The topological polar surface area (TPSA) is 74.9 Å². The van der Waals surface area contributed by atoms with Crippen LogP contribution in [0.5, 0.6) is 5.75 Å². The van der Waals surface area contributed by atoms with E-state index in [1.54, 1.807) is 6.92 Å². The number of carbonyl (C=O) groups is 1. The van der Waals surface area contributed by atoms with Gasteiger partial charge in [0.25, 0.3) is 5.91 Å². The zero-order chi connectivity index (χ0) is 19.5. The molecule has 2 N–H and O–H groups in total. The summed E-state index contributed by atoms with van der Waals surface area (Å²) in [6, 6.07) is 15.5. The summed E-state index contributed by atoms with van der Waals surface area (Å²) in [5, 5.41) is 13.0. The quantitative estimate of drug-likeness (QED) is 0.687. The fourth-order valence-electron chi connectivity index (χ4n) is 3.65. The van der Waals surface area contributed by atoms with E-state index in [4.69, 9.17) is 9.15 Å². The molecular weight excluding hydrogens is 356 g/mol. The van der Waals surface area contributed by atoms with Crippen LogP contribution in [0.4, 0.5) is 0 Å². The lowest BCUT2D eigenvalue weighted by atomic mass is 10.1. The molecule has 1 unspecified atom stereocenters. The first kappa shape index (κ1) is 18.5. The van der Waals surface area contributed by atoms with Gasteiger partial charge in [0.1, 0.15) is 23.7 Å². The van der Waals surface area contributed by atoms with Gasteiger partial charge in [-0.2, -0.15) is 0 Å². The molecule has 1 aromatic heterocycles. The molecule has 0 bridgehead atoms. The highest BCUT2D eigenvalue weighted by Crippen LogP contribution is 2.29. The number of carbonyl (C=O) groups excluding carboxylic acids is 1. The molecule has 3 aromatic rings. The van der Waals surface area contributed by atoms with Gasteiger partial charge in [0.15, 0.2) is 0 Å². The Morgan fingerprint density at radius 3 is 2.86 bits per heavy atom. The average molecular weight is 380 g/mol. The molecule has 1 aliphatic heterocycles. The molecule has 0 radical (unpaired) electrons. The number of amides is 1. The van der Waals surface area contributed by atoms with Crippen molar-refractivity contribution in [2.24, 2.45) is 0 Å². The second kappa shape index (κ2) is 8.04. The Bertz CT molecular complexity index is 967. The lowest BCUT2D eigenvalue weighted by Crippen LogP contribution is -2.37. The number of benzene rings is 2. The molecule has 6 heteroatoms. The Hall–Kier alpha value is -2.83. The maximum atomic E-state index is 12.9. The smallest absolute Gasteiger partial charge is 0.255 e. The number of hydrogen-bond donors (Lipinski definition) is 2. The van der Waals surface area contributed by atoms with Crippen LogP contribution in [0.1, 0.15) is 28.1 Å². The third-order valence-corrected chi connectivity index (χ3v) is 5.12. The van der Waals surface area contributed by atoms with Crippen LogP contribution in [-0.4, -0.2) is 41.8 Å². The molecule has 1 saturated heterocycles. The van der Waals surface area contributed by atoms with Crippen LogP contribution in [0, 0.1) is 6.92 Å². The maximum absolute atomic E-state index is 12.9. The third kappa shape index (κ3) is 3.88. The fourth-order valence-corrected chi connectivity index (χ4v) is 3.65. The number of likely N-dealkylation sites (tertiary alicyclic amines) is 1. The standard InChI is InChI=1S/C22H24N2O4/c1-15-21(22(26)23-17-9-10-24(12-17)14-25)19-11-18(7-8-20(19)28-15)27-13-16-5-3-2-4-6-16/h2-8,11,17,25H,9-10,12-14H2,1H3,(H,23,26). The van der Waals surface area contributed by atoms with Crippen LogP contribution in [0.3, 0.4) is 0 Å². The molecule has 2 heterocycles. The van der Waals surface area contributed by atoms with Crippen LogP contribution in [0.2, 0.25) is 0 Å². The van der Waals surface area contributed by atoms with E-state index in [9.17, 15) is 9.90 Å². The van der Waals surface area contributed by atoms with Crippen molar-refractivity contribution in [1.29, 1.82) is 0 Å². The molecule has 146 valence electrons. The minimum atomic E-state index is -0.152. The van der Waals surface area contributed by atoms with Crippen molar-refractivity contribution < 1.29 is 19.1 Å². The molecule has 1 aliphatic rings. The van der Waals surface area contributed by atoms with E-state index in [2.05, 4.69) is 5.32 Å². The predicted molar refractivity (Wildman–Crippen MR) is 106 cm³/mol. The highest BCUT2D eigenvalue weighted by molar-refractivity contribution is 6.07. The number of furan rings is 1. The summed E-state index contributed by atoms with van der Waals surface area (Å²) in [5.41, 5.74) is 2.29. The second-order valence-corrected chi connectivity index (χ2v) is 7.14. The lowest BCUT2D eigenvalue weighted by molar-refractivity contribution is 0.0927. The SMILES string of the molecule is Cc1oc2ccc(OCc3ccccc3)cc2c1C(=O)NC1CCN(CO)C1. The molecule has 2 aromatic carbocycles. The minimum Gasteiger partial charge on any atom is -0.489 e. The molecular formula is C22H24N2O4. The number of hydrogen-bond acceptors (Lipinski definition) is 5. The Labute approximate surface area is 163 Å². The van der Waals surface area contributed by atoms with Gasteiger partial charge in [-0.05, 0) is 37.1 Å². The van der Waals surface area contributed by atoms with Crippen molar-refractivity contribution in [1.82, 2.24) is 10.2 Å². The van der Waals surface area contributed by atoms with Gasteiger partial charge in [-0.15, -0.1) is 0 Å². The van der Waals surface area contributed by atoms with E-state index in [0.29, 0.717) is 35.8 Å². The van der Waals surface area contributed by atoms with Crippen LogP contribution in [0.25, 0.3) is 11.0 Å². The van der Waals surface area contributed by atoms with Gasteiger partial charge in [0, 0.05) is 24.5 Å². The predicted octanol–water partition coefficient (Wildman–Crippen LogP) is 3.07. The molecule has 1 atom stereocenters. The van der Waals surface area contributed by atoms with Crippen molar-refractivity contribution in [2.45, 2.75) is 26.0 Å². The molecule has 0 spiro atoms. The van der Waals surface area contributed by atoms with Gasteiger partial charge in [0.05, 0.1) is 12.3 Å². The minimum absolute atomic E-state index is 0.0160. The van der Waals surface area contributed by atoms with E-state index >= 15 is 0 Å². The van der Waals surface area contributed by atoms with E-state index in [-0.39, 0.29) is 18.7 Å². The number of fused-ring (bicyclic) bond motifs is 1. The van der Waals surface area contributed by atoms with Gasteiger partial charge in [0.2, 0.25) is 0 Å². The fraction of sp³-hybridized carbons (Fsp3) is 0.318. The van der Waals surface area contributed by atoms with Gasteiger partial charge in [-0.3, -0.25) is 9.69 Å². The molecule has 0 saturated carbocycles. The van der Waals surface area contributed by atoms with Crippen molar-refractivity contribution in [3.8, 4) is 5.75 Å². The maximum Gasteiger partial charge on any atom is 0.255 e. The van der Waals surface area contributed by atoms with Gasteiger partial charge < -0.3 is 19.6 Å². The summed E-state index contributed by atoms with van der Waals surface area (Å²) in [4.78, 5) is 14.8. The summed E-state index contributed by atoms with van der Waals surface area (Å²) in [6.07, 6.45) is 0.826. The first-order valence-corrected chi connectivity index (χ1v) is 9.48. The summed E-state index contributed by atoms with van der Waals surface area (Å²) in [7, 11) is 0. The Morgan fingerprint density at radius 2 is 2.11 bits per heavy atom. The highest BCUT2D eigenvalue weighted by atomic mass is 16.5. The first-order valence-electron chi connectivity index (χ1n) is 9.48. The number of aliphatic hydroxyl groups is 1. The number of aryl methyl sites for hydroxylation is 1. The van der Waals surface area contributed by atoms with E-state index in [1.807, 2.05) is 53.4 Å². The molecule has 1 amide bonds. The molecule has 4 rings (SSSR count). The van der Waals surface area contributed by atoms with Crippen LogP contribution in [0.15, 0.2) is 52.9 Å². The van der Waals surface area contributed by atoms with E-state index < -0.39 is 0 Å². The summed E-state index contributed by atoms with van der Waals surface area (Å²) in [6.45, 7) is 3.71. The van der Waals surface area contributed by atoms with E-state index in [0.717, 1.165) is 23.9 Å². The second-order valence-electron chi connectivity index (χ2n) is 7.14.